The summed E-state index contributed by atoms with van der Waals surface area (Å²) < 4.78 is 5.10. The van der Waals surface area contributed by atoms with Gasteiger partial charge in [-0.25, -0.2) is 4.98 Å². The minimum atomic E-state index is -1.05. The molecule has 7 heteroatoms. The number of ether oxygens (including phenoxy) is 1. The molecule has 2 aromatic rings. The van der Waals surface area contributed by atoms with Crippen LogP contribution in [0.15, 0.2) is 29.6 Å². The molecular weight excluding hydrogens is 304 g/mol. The lowest BCUT2D eigenvalue weighted by Gasteiger charge is -2.12. The van der Waals surface area contributed by atoms with Gasteiger partial charge in [-0.3, -0.25) is 9.59 Å². The highest BCUT2D eigenvalue weighted by atomic mass is 32.1. The average Bonchev–Trinajstić information content (AvgIpc) is 2.95. The molecule has 1 aromatic heterocycles. The Bertz CT molecular complexity index is 666. The summed E-state index contributed by atoms with van der Waals surface area (Å²) in [6.45, 7) is -0.343. The summed E-state index contributed by atoms with van der Waals surface area (Å²) in [5.74, 6) is -0.654. The van der Waals surface area contributed by atoms with E-state index in [2.05, 4.69) is 4.98 Å². The van der Waals surface area contributed by atoms with Crippen molar-refractivity contribution >= 4 is 23.2 Å². The molecule has 116 valence electrons. The van der Waals surface area contributed by atoms with E-state index in [1.54, 1.807) is 12.5 Å². The van der Waals surface area contributed by atoms with E-state index in [-0.39, 0.29) is 18.1 Å². The lowest BCUT2D eigenvalue weighted by Crippen LogP contribution is -2.32. The van der Waals surface area contributed by atoms with Crippen LogP contribution in [-0.2, 0) is 11.2 Å². The van der Waals surface area contributed by atoms with Gasteiger partial charge in [0, 0.05) is 18.8 Å². The van der Waals surface area contributed by atoms with Gasteiger partial charge in [-0.1, -0.05) is 12.1 Å². The topological polar surface area (TPSA) is 79.7 Å². The number of nitrogens with zero attached hydrogens (tertiary/aromatic N) is 2. The highest BCUT2D eigenvalue weighted by molar-refractivity contribution is 7.09. The van der Waals surface area contributed by atoms with Gasteiger partial charge >= 0.3 is 5.97 Å². The second-order valence-corrected chi connectivity index (χ2v) is 5.65. The van der Waals surface area contributed by atoms with E-state index in [0.29, 0.717) is 6.42 Å². The molecule has 0 fully saturated rings. The van der Waals surface area contributed by atoms with Crippen molar-refractivity contribution in [2.75, 3.05) is 20.7 Å². The molecule has 0 aliphatic rings. The Balaban J connectivity index is 2.04. The second kappa shape index (κ2) is 7.04. The molecular formula is C15H16N2O4S. The molecule has 0 aliphatic carbocycles. The minimum absolute atomic E-state index is 0.275. The van der Waals surface area contributed by atoms with Crippen LogP contribution in [0.5, 0.6) is 5.75 Å². The smallest absolute Gasteiger partial charge is 0.323 e. The van der Waals surface area contributed by atoms with Crippen molar-refractivity contribution in [3.63, 3.8) is 0 Å². The van der Waals surface area contributed by atoms with Crippen LogP contribution in [-0.4, -0.2) is 47.6 Å². The molecule has 0 spiro atoms. The number of thiazole rings is 1. The van der Waals surface area contributed by atoms with E-state index < -0.39 is 5.97 Å². The van der Waals surface area contributed by atoms with E-state index in [1.165, 1.54) is 18.4 Å². The van der Waals surface area contributed by atoms with E-state index in [1.807, 2.05) is 24.3 Å². The van der Waals surface area contributed by atoms with E-state index in [0.717, 1.165) is 21.2 Å². The van der Waals surface area contributed by atoms with Crippen LogP contribution in [0.1, 0.15) is 21.1 Å². The zero-order chi connectivity index (χ0) is 16.1. The standard InChI is InChI=1S/C15H16N2O4S/c1-17(8-14(18)19)15(20)12-9-22-13(16-12)7-10-3-5-11(21-2)6-4-10/h3-6,9H,7-8H2,1-2H3,(H,18,19). The number of benzene rings is 1. The van der Waals surface area contributed by atoms with Gasteiger partial charge in [-0.2, -0.15) is 0 Å². The molecule has 6 nitrogen and oxygen atoms in total. The van der Waals surface area contributed by atoms with E-state index >= 15 is 0 Å². The summed E-state index contributed by atoms with van der Waals surface area (Å²) in [7, 11) is 3.06. The molecule has 0 unspecified atom stereocenters. The van der Waals surface area contributed by atoms with Crippen molar-refractivity contribution in [1.29, 1.82) is 0 Å². The van der Waals surface area contributed by atoms with Crippen molar-refractivity contribution in [2.24, 2.45) is 0 Å². The molecule has 2 rings (SSSR count). The number of hydrogen-bond donors (Lipinski definition) is 1. The number of carboxylic acid groups (broad SMARTS) is 1. The van der Waals surface area contributed by atoms with Crippen LogP contribution in [0, 0.1) is 0 Å². The number of hydrogen-bond acceptors (Lipinski definition) is 5. The Morgan fingerprint density at radius 1 is 1.32 bits per heavy atom. The molecule has 0 radical (unpaired) electrons. The monoisotopic (exact) mass is 320 g/mol. The number of rotatable bonds is 6. The van der Waals surface area contributed by atoms with Crippen LogP contribution in [0.2, 0.25) is 0 Å². The first-order valence-corrected chi connectivity index (χ1v) is 7.42. The van der Waals surface area contributed by atoms with Crippen molar-refractivity contribution in [2.45, 2.75) is 6.42 Å². The van der Waals surface area contributed by atoms with Gasteiger partial charge in [0.25, 0.3) is 5.91 Å². The van der Waals surface area contributed by atoms with Crippen LogP contribution in [0.3, 0.4) is 0 Å². The van der Waals surface area contributed by atoms with Crippen LogP contribution < -0.4 is 4.74 Å². The fraction of sp³-hybridized carbons (Fsp3) is 0.267. The zero-order valence-electron chi connectivity index (χ0n) is 12.3. The molecule has 0 atom stereocenters. The van der Waals surface area contributed by atoms with Gasteiger partial charge in [0.15, 0.2) is 0 Å². The van der Waals surface area contributed by atoms with Gasteiger partial charge in [0.05, 0.1) is 12.1 Å². The van der Waals surface area contributed by atoms with Gasteiger partial charge in [-0.15, -0.1) is 11.3 Å². The van der Waals surface area contributed by atoms with E-state index in [9.17, 15) is 9.59 Å². The number of aromatic nitrogens is 1. The first-order chi connectivity index (χ1) is 10.5. The molecule has 1 heterocycles. The third-order valence-electron chi connectivity index (χ3n) is 3.00. The number of carboxylic acids is 1. The maximum Gasteiger partial charge on any atom is 0.323 e. The predicted molar refractivity (Wildman–Crippen MR) is 82.5 cm³/mol. The van der Waals surface area contributed by atoms with Crippen LogP contribution in [0.25, 0.3) is 0 Å². The molecule has 0 saturated carbocycles. The first-order valence-electron chi connectivity index (χ1n) is 6.54. The normalized spacial score (nSPS) is 10.3. The Morgan fingerprint density at radius 2 is 2.00 bits per heavy atom. The Labute approximate surface area is 132 Å². The third kappa shape index (κ3) is 4.05. The summed E-state index contributed by atoms with van der Waals surface area (Å²) >= 11 is 1.38. The molecule has 1 N–H and O–H groups in total. The average molecular weight is 320 g/mol. The summed E-state index contributed by atoms with van der Waals surface area (Å²) in [5, 5.41) is 11.2. The Hall–Kier alpha value is -2.41. The summed E-state index contributed by atoms with van der Waals surface area (Å²) in [4.78, 5) is 28.1. The van der Waals surface area contributed by atoms with Crippen molar-refractivity contribution in [3.05, 3.63) is 45.9 Å². The van der Waals surface area contributed by atoms with Gasteiger partial charge in [0.2, 0.25) is 0 Å². The zero-order valence-corrected chi connectivity index (χ0v) is 13.1. The van der Waals surface area contributed by atoms with E-state index in [4.69, 9.17) is 9.84 Å². The Morgan fingerprint density at radius 3 is 2.59 bits per heavy atom. The quantitative estimate of drug-likeness (QED) is 0.879. The number of carbonyl (C=O) groups is 2. The van der Waals surface area contributed by atoms with Gasteiger partial charge < -0.3 is 14.7 Å². The lowest BCUT2D eigenvalue weighted by atomic mass is 10.1. The minimum Gasteiger partial charge on any atom is -0.497 e. The van der Waals surface area contributed by atoms with Crippen molar-refractivity contribution in [1.82, 2.24) is 9.88 Å². The highest BCUT2D eigenvalue weighted by Crippen LogP contribution is 2.18. The third-order valence-corrected chi connectivity index (χ3v) is 3.85. The van der Waals surface area contributed by atoms with Crippen molar-refractivity contribution in [3.8, 4) is 5.75 Å². The molecule has 1 aromatic carbocycles. The number of likely N-dealkylation sites (N-methyl/N-ethyl adjacent to an activating group) is 1. The maximum absolute atomic E-state index is 12.0. The lowest BCUT2D eigenvalue weighted by molar-refractivity contribution is -0.137. The summed E-state index contributed by atoms with van der Waals surface area (Å²) in [6.07, 6.45) is 0.616. The highest BCUT2D eigenvalue weighted by Gasteiger charge is 2.17. The maximum atomic E-state index is 12.0. The predicted octanol–water partition coefficient (Wildman–Crippen LogP) is 1.90. The molecule has 0 bridgehead atoms. The number of amides is 1. The van der Waals surface area contributed by atoms with Crippen LogP contribution >= 0.6 is 11.3 Å². The van der Waals surface area contributed by atoms with Crippen LogP contribution in [0.4, 0.5) is 0 Å². The summed E-state index contributed by atoms with van der Waals surface area (Å²) in [6, 6.07) is 7.63. The molecule has 22 heavy (non-hydrogen) atoms. The molecule has 0 aliphatic heterocycles. The second-order valence-electron chi connectivity index (χ2n) is 4.71. The SMILES string of the molecule is COc1ccc(Cc2nc(C(=O)N(C)CC(=O)O)cs2)cc1. The fourth-order valence-electron chi connectivity index (χ4n) is 1.88. The largest absolute Gasteiger partial charge is 0.497 e. The van der Waals surface area contributed by atoms with Gasteiger partial charge in [-0.05, 0) is 17.7 Å². The number of carbonyl (C=O) groups excluding carboxylic acids is 1. The van der Waals surface area contributed by atoms with Gasteiger partial charge in [0.1, 0.15) is 18.0 Å². The first kappa shape index (κ1) is 16.0. The Kier molecular flexibility index (Phi) is 5.11. The van der Waals surface area contributed by atoms with Crippen molar-refractivity contribution < 1.29 is 19.4 Å². The molecule has 1 amide bonds. The number of methoxy groups -OCH3 is 1. The fourth-order valence-corrected chi connectivity index (χ4v) is 2.68. The number of aliphatic carboxylic acids is 1. The summed E-state index contributed by atoms with van der Waals surface area (Å²) in [5.41, 5.74) is 1.34. The molecule has 0 saturated heterocycles.